The summed E-state index contributed by atoms with van der Waals surface area (Å²) in [4.78, 5) is 9.29. The Balaban J connectivity index is 1.19. The minimum atomic E-state index is -1.02. The van der Waals surface area contributed by atoms with E-state index in [1.165, 1.54) is 24.6 Å². The zero-order valence-electron chi connectivity index (χ0n) is 15.5. The van der Waals surface area contributed by atoms with Crippen molar-refractivity contribution in [3.8, 4) is 0 Å². The van der Waals surface area contributed by atoms with Crippen LogP contribution in [0.2, 0.25) is 0 Å². The van der Waals surface area contributed by atoms with Crippen molar-refractivity contribution in [1.29, 1.82) is 0 Å². The predicted octanol–water partition coefficient (Wildman–Crippen LogP) is 2.26. The molecule has 4 aliphatic rings. The van der Waals surface area contributed by atoms with E-state index < -0.39 is 4.99 Å². The molecule has 0 amide bonds. The van der Waals surface area contributed by atoms with Crippen molar-refractivity contribution in [2.24, 2.45) is 41.1 Å². The van der Waals surface area contributed by atoms with Gasteiger partial charge in [-0.1, -0.05) is 0 Å². The number of thioether (sulfide) groups is 2. The second kappa shape index (κ2) is 7.59. The number of hydrogen-bond acceptors (Lipinski definition) is 8. The van der Waals surface area contributed by atoms with Gasteiger partial charge in [-0.15, -0.1) is 11.8 Å². The van der Waals surface area contributed by atoms with Crippen LogP contribution in [0.5, 0.6) is 0 Å². The Labute approximate surface area is 167 Å². The van der Waals surface area contributed by atoms with Crippen molar-refractivity contribution >= 4 is 23.5 Å². The van der Waals surface area contributed by atoms with Crippen LogP contribution in [0.15, 0.2) is 16.5 Å². The lowest BCUT2D eigenvalue weighted by Gasteiger charge is -2.24. The van der Waals surface area contributed by atoms with Gasteiger partial charge in [0.15, 0.2) is 4.99 Å². The van der Waals surface area contributed by atoms with Gasteiger partial charge < -0.3 is 10.2 Å². The molecule has 0 spiro atoms. The van der Waals surface area contributed by atoms with Crippen LogP contribution in [0.3, 0.4) is 0 Å². The highest BCUT2D eigenvalue weighted by atomic mass is 32.2. The lowest BCUT2D eigenvalue weighted by molar-refractivity contribution is -0.485. The third-order valence-electron chi connectivity index (χ3n) is 6.61. The van der Waals surface area contributed by atoms with E-state index in [0.717, 1.165) is 46.7 Å². The van der Waals surface area contributed by atoms with Crippen LogP contribution in [-0.4, -0.2) is 35.0 Å². The van der Waals surface area contributed by atoms with Gasteiger partial charge in [0.2, 0.25) is 6.54 Å². The zero-order chi connectivity index (χ0) is 19.2. The molecule has 5 unspecified atom stereocenters. The van der Waals surface area contributed by atoms with Crippen LogP contribution in [0.4, 0.5) is 0 Å². The minimum Gasteiger partial charge on any atom is -0.464 e. The first-order valence-electron chi connectivity index (χ1n) is 9.54. The number of nitrogens with one attached hydrogen (secondary N) is 1. The highest BCUT2D eigenvalue weighted by Crippen LogP contribution is 2.75. The van der Waals surface area contributed by atoms with Crippen molar-refractivity contribution in [2.75, 3.05) is 25.1 Å². The standard InChI is InChI=1S/C18H28N4O3S2/c1-26-18(20,9-22(23)24)21-4-5-27-8-11-2-3-14(25-11)17(19)15-10-6-12-13(7-10)16(12)15/h2-3,10,12-13,15-17,21H,4-9,19-20H2,1H3. The zero-order valence-corrected chi connectivity index (χ0v) is 17.1. The molecule has 5 N–H and O–H groups in total. The van der Waals surface area contributed by atoms with E-state index in [4.69, 9.17) is 15.9 Å². The van der Waals surface area contributed by atoms with Gasteiger partial charge >= 0.3 is 0 Å². The van der Waals surface area contributed by atoms with Crippen LogP contribution in [0.1, 0.15) is 30.4 Å². The van der Waals surface area contributed by atoms with Gasteiger partial charge in [-0.3, -0.25) is 21.2 Å². The van der Waals surface area contributed by atoms with E-state index in [-0.39, 0.29) is 17.5 Å². The molecule has 0 radical (unpaired) electrons. The van der Waals surface area contributed by atoms with E-state index in [0.29, 0.717) is 12.5 Å². The lowest BCUT2D eigenvalue weighted by atomic mass is 9.89. The molecule has 4 saturated carbocycles. The highest BCUT2D eigenvalue weighted by molar-refractivity contribution is 8.00. The smallest absolute Gasteiger partial charge is 0.244 e. The topological polar surface area (TPSA) is 120 Å². The summed E-state index contributed by atoms with van der Waals surface area (Å²) in [5.74, 6) is 7.69. The molecule has 5 atom stereocenters. The third-order valence-corrected chi connectivity index (χ3v) is 8.59. The maximum Gasteiger partial charge on any atom is 0.244 e. The molecule has 1 heterocycles. The van der Waals surface area contributed by atoms with Gasteiger partial charge in [0.1, 0.15) is 11.5 Å². The summed E-state index contributed by atoms with van der Waals surface area (Å²) in [6.07, 6.45) is 4.55. The van der Waals surface area contributed by atoms with E-state index in [9.17, 15) is 10.1 Å². The molecule has 1 aromatic heterocycles. The van der Waals surface area contributed by atoms with Crippen molar-refractivity contribution in [3.05, 3.63) is 33.8 Å². The first-order chi connectivity index (χ1) is 12.9. The third kappa shape index (κ3) is 3.89. The number of furan rings is 1. The van der Waals surface area contributed by atoms with Crippen LogP contribution in [0.25, 0.3) is 0 Å². The molecule has 0 aromatic carbocycles. The van der Waals surface area contributed by atoms with Gasteiger partial charge in [0.25, 0.3) is 0 Å². The van der Waals surface area contributed by atoms with Gasteiger partial charge in [-0.25, -0.2) is 0 Å². The second-order valence-electron chi connectivity index (χ2n) is 8.11. The number of nitrogens with zero attached hydrogens (tertiary/aromatic N) is 1. The van der Waals surface area contributed by atoms with Crippen molar-refractivity contribution in [1.82, 2.24) is 5.32 Å². The van der Waals surface area contributed by atoms with Crippen LogP contribution >= 0.6 is 23.5 Å². The molecular weight excluding hydrogens is 384 g/mol. The summed E-state index contributed by atoms with van der Waals surface area (Å²) in [5, 5.41) is 13.8. The molecule has 4 bridgehead atoms. The van der Waals surface area contributed by atoms with Gasteiger partial charge in [-0.05, 0) is 60.8 Å². The molecule has 0 aliphatic heterocycles. The average molecular weight is 413 g/mol. The van der Waals surface area contributed by atoms with E-state index >= 15 is 0 Å². The molecule has 150 valence electrons. The summed E-state index contributed by atoms with van der Waals surface area (Å²) in [6.45, 7) is 0.306. The van der Waals surface area contributed by atoms with Crippen molar-refractivity contribution in [2.45, 2.75) is 29.6 Å². The number of rotatable bonds is 11. The van der Waals surface area contributed by atoms with Gasteiger partial charge in [-0.2, -0.15) is 11.8 Å². The fourth-order valence-corrected chi connectivity index (χ4v) is 6.63. The summed E-state index contributed by atoms with van der Waals surface area (Å²) in [6, 6.07) is 4.11. The first kappa shape index (κ1) is 19.6. The summed E-state index contributed by atoms with van der Waals surface area (Å²) < 4.78 is 6.03. The predicted molar refractivity (Wildman–Crippen MR) is 109 cm³/mol. The highest BCUT2D eigenvalue weighted by Gasteiger charge is 2.69. The van der Waals surface area contributed by atoms with Crippen LogP contribution in [-0.2, 0) is 5.75 Å². The Kier molecular flexibility index (Phi) is 5.50. The summed E-state index contributed by atoms with van der Waals surface area (Å²) >= 11 is 2.98. The SMILES string of the molecule is CSC(N)(C[N+](=O)[O-])NCCSCc1ccc(C(N)C2C3CC4C(C3)C42)o1. The van der Waals surface area contributed by atoms with Gasteiger partial charge in [0.05, 0.1) is 11.8 Å². The Hall–Kier alpha value is -0.740. The second-order valence-corrected chi connectivity index (χ2v) is 10.3. The number of nitrogens with two attached hydrogens (primary N) is 2. The van der Waals surface area contributed by atoms with Gasteiger partial charge in [0, 0.05) is 17.2 Å². The van der Waals surface area contributed by atoms with Crippen LogP contribution in [0, 0.1) is 39.7 Å². The van der Waals surface area contributed by atoms with Crippen molar-refractivity contribution < 1.29 is 9.34 Å². The maximum atomic E-state index is 10.7. The molecule has 0 saturated heterocycles. The molecule has 9 heteroatoms. The molecule has 27 heavy (non-hydrogen) atoms. The number of hydrogen-bond donors (Lipinski definition) is 3. The van der Waals surface area contributed by atoms with Crippen molar-refractivity contribution in [3.63, 3.8) is 0 Å². The average Bonchev–Trinajstić information content (AvgIpc) is 3.17. The maximum absolute atomic E-state index is 10.7. The van der Waals surface area contributed by atoms with E-state index in [1.54, 1.807) is 18.0 Å². The Bertz CT molecular complexity index is 688. The molecule has 1 aromatic rings. The Morgan fingerprint density at radius 1 is 1.44 bits per heavy atom. The largest absolute Gasteiger partial charge is 0.464 e. The molecule has 5 rings (SSSR count). The Morgan fingerprint density at radius 3 is 2.78 bits per heavy atom. The molecule has 4 fully saturated rings. The summed E-state index contributed by atoms with van der Waals surface area (Å²) in [5.41, 5.74) is 12.5. The van der Waals surface area contributed by atoms with E-state index in [1.807, 2.05) is 12.1 Å². The fraction of sp³-hybridized carbons (Fsp3) is 0.778. The Morgan fingerprint density at radius 2 is 2.19 bits per heavy atom. The first-order valence-corrected chi connectivity index (χ1v) is 11.9. The van der Waals surface area contributed by atoms with E-state index in [2.05, 4.69) is 5.32 Å². The normalized spacial score (nSPS) is 33.8. The lowest BCUT2D eigenvalue weighted by Crippen LogP contribution is -2.55. The fourth-order valence-electron chi connectivity index (χ4n) is 5.40. The molecule has 4 aliphatic carbocycles. The molecular formula is C18H28N4O3S2. The number of nitro groups is 1. The van der Waals surface area contributed by atoms with Crippen LogP contribution < -0.4 is 16.8 Å². The monoisotopic (exact) mass is 412 g/mol. The minimum absolute atomic E-state index is 0.0412. The molecule has 7 nitrogen and oxygen atoms in total. The summed E-state index contributed by atoms with van der Waals surface area (Å²) in [7, 11) is 0. The quantitative estimate of drug-likeness (QED) is 0.219.